The van der Waals surface area contributed by atoms with Crippen molar-refractivity contribution < 1.29 is 0 Å². The maximum atomic E-state index is 5.15. The van der Waals surface area contributed by atoms with Gasteiger partial charge >= 0.3 is 0 Å². The van der Waals surface area contributed by atoms with Gasteiger partial charge in [-0.1, -0.05) is 164 Å². The Morgan fingerprint density at radius 1 is 0.500 bits per heavy atom. The molecule has 0 atom stereocenters. The number of hydrogen-bond acceptors (Lipinski definition) is 1. The van der Waals surface area contributed by atoms with E-state index in [1.807, 2.05) is 0 Å². The predicted octanol–water partition coefficient (Wildman–Crippen LogP) is 7.45. The summed E-state index contributed by atoms with van der Waals surface area (Å²) in [5, 5.41) is 12.1. The Bertz CT molecular complexity index is 2400. The molecular weight excluding hydrogens is 597 g/mol. The molecule has 9 rings (SSSR count). The summed E-state index contributed by atoms with van der Waals surface area (Å²) >= 11 is 0. The van der Waals surface area contributed by atoms with E-state index in [4.69, 9.17) is 4.99 Å². The molecule has 0 unspecified atom stereocenters. The third kappa shape index (κ3) is 4.50. The van der Waals surface area contributed by atoms with Gasteiger partial charge in [0, 0.05) is 27.9 Å². The molecule has 0 aliphatic carbocycles. The van der Waals surface area contributed by atoms with Crippen molar-refractivity contribution in [2.75, 3.05) is 6.54 Å². The summed E-state index contributed by atoms with van der Waals surface area (Å²) in [6, 6.07) is 62.0. The number of nitrogens with zero attached hydrogens (tertiary/aromatic N) is 2. The summed E-state index contributed by atoms with van der Waals surface area (Å²) in [7, 11) is -2.43. The van der Waals surface area contributed by atoms with Gasteiger partial charge in [0.1, 0.15) is 13.6 Å². The number of aryl methyl sites for hydroxylation is 1. The molecular formula is C45H36N2Si. The van der Waals surface area contributed by atoms with E-state index in [2.05, 4.69) is 174 Å². The normalized spacial score (nSPS) is 12.9. The summed E-state index contributed by atoms with van der Waals surface area (Å²) < 4.78 is 2.45. The Balaban J connectivity index is 1.31. The van der Waals surface area contributed by atoms with E-state index in [0.717, 1.165) is 30.9 Å². The van der Waals surface area contributed by atoms with Crippen LogP contribution in [0.5, 0.6) is 0 Å². The van der Waals surface area contributed by atoms with E-state index in [0.29, 0.717) is 0 Å². The molecule has 0 radical (unpaired) electrons. The second-order valence-corrected chi connectivity index (χ2v) is 16.9. The standard InChI is InChI=1S/C45H36N2Si/c1-4-17-33(18-5-1)48(34-19-6-2-7-20-34,35-21-8-3-9-22-35)32-30-38-36-23-10-12-26-40(36)44(41-27-13-11-24-37(38)41)47-43-29-15-14-25-39(43)42-28-16-31-46-45(42)47/h1-15,17-29H,16,30-32H2. The first-order chi connectivity index (χ1) is 23.8. The van der Waals surface area contributed by atoms with E-state index in [1.54, 1.807) is 0 Å². The molecule has 2 heterocycles. The number of para-hydroxylation sites is 1. The molecule has 2 nitrogen and oxygen atoms in total. The molecule has 1 aliphatic rings. The van der Waals surface area contributed by atoms with Gasteiger partial charge < -0.3 is 0 Å². The third-order valence-electron chi connectivity index (χ3n) is 10.4. The summed E-state index contributed by atoms with van der Waals surface area (Å²) in [6.45, 7) is 0.822. The maximum Gasteiger partial charge on any atom is 0.148 e. The molecule has 0 spiro atoms. The highest BCUT2D eigenvalue weighted by Crippen LogP contribution is 2.37. The smallest absolute Gasteiger partial charge is 0.148 e. The van der Waals surface area contributed by atoms with Crippen LogP contribution in [0.25, 0.3) is 44.2 Å². The summed E-state index contributed by atoms with van der Waals surface area (Å²) in [5.74, 6) is 0. The number of aromatic nitrogens is 1. The Hall–Kier alpha value is -5.51. The minimum atomic E-state index is -2.43. The van der Waals surface area contributed by atoms with E-state index in [-0.39, 0.29) is 0 Å². The Kier molecular flexibility index (Phi) is 7.13. The minimum absolute atomic E-state index is 0.822. The minimum Gasteiger partial charge on any atom is -0.293 e. The van der Waals surface area contributed by atoms with Gasteiger partial charge in [0.2, 0.25) is 0 Å². The van der Waals surface area contributed by atoms with Crippen molar-refractivity contribution in [3.8, 4) is 5.69 Å². The van der Waals surface area contributed by atoms with Crippen molar-refractivity contribution in [3.05, 3.63) is 180 Å². The fourth-order valence-electron chi connectivity index (χ4n) is 8.33. The summed E-state index contributed by atoms with van der Waals surface area (Å²) in [4.78, 5) is 5.15. The predicted molar refractivity (Wildman–Crippen MR) is 206 cm³/mol. The average Bonchev–Trinajstić information content (AvgIpc) is 3.50. The van der Waals surface area contributed by atoms with Crippen molar-refractivity contribution in [2.45, 2.75) is 18.9 Å². The van der Waals surface area contributed by atoms with Gasteiger partial charge in [-0.05, 0) is 56.8 Å². The molecule has 1 aromatic heterocycles. The van der Waals surface area contributed by atoms with Crippen LogP contribution >= 0.6 is 0 Å². The number of benzene rings is 7. The average molecular weight is 633 g/mol. The molecule has 0 saturated heterocycles. The lowest BCUT2D eigenvalue weighted by Gasteiger charge is -2.34. The number of hydrogen-bond donors (Lipinski definition) is 0. The van der Waals surface area contributed by atoms with Crippen molar-refractivity contribution in [1.82, 2.24) is 4.57 Å². The first-order valence-electron chi connectivity index (χ1n) is 17.1. The van der Waals surface area contributed by atoms with Gasteiger partial charge in [-0.25, -0.2) is 0 Å². The molecule has 3 heteroatoms. The first kappa shape index (κ1) is 28.7. The van der Waals surface area contributed by atoms with Crippen LogP contribution in [0, 0.1) is 0 Å². The Morgan fingerprint density at radius 2 is 0.958 bits per heavy atom. The molecule has 48 heavy (non-hydrogen) atoms. The number of rotatable bonds is 7. The second kappa shape index (κ2) is 11.9. The molecule has 230 valence electrons. The molecule has 0 N–H and O–H groups in total. The van der Waals surface area contributed by atoms with Crippen LogP contribution in [-0.2, 0) is 6.42 Å². The van der Waals surface area contributed by atoms with Crippen molar-refractivity contribution in [1.29, 1.82) is 0 Å². The molecule has 0 amide bonds. The van der Waals surface area contributed by atoms with Gasteiger partial charge in [-0.3, -0.25) is 9.56 Å². The van der Waals surface area contributed by atoms with Crippen LogP contribution in [0.1, 0.15) is 12.0 Å². The lowest BCUT2D eigenvalue weighted by atomic mass is 9.93. The Labute approximate surface area is 282 Å². The molecule has 7 aromatic carbocycles. The SMILES string of the molecule is C1=c2c(n(-c3c4ccccc4c(CC[Si](c4ccccc4)(c4ccccc4)c4ccccc4)c4ccccc34)c3ccccc23)=NCC1. The van der Waals surface area contributed by atoms with E-state index < -0.39 is 8.07 Å². The fourth-order valence-corrected chi connectivity index (χ4v) is 13.1. The highest BCUT2D eigenvalue weighted by molar-refractivity contribution is 7.11. The largest absolute Gasteiger partial charge is 0.293 e. The zero-order valence-corrected chi connectivity index (χ0v) is 27.9. The summed E-state index contributed by atoms with van der Waals surface area (Å²) in [5.41, 5.74) is 4.96. The maximum absolute atomic E-state index is 5.15. The number of fused-ring (bicyclic) bond motifs is 5. The van der Waals surface area contributed by atoms with Gasteiger partial charge in [0.05, 0.1) is 11.2 Å². The van der Waals surface area contributed by atoms with Crippen molar-refractivity contribution in [3.63, 3.8) is 0 Å². The summed E-state index contributed by atoms with van der Waals surface area (Å²) in [6.07, 6.45) is 4.33. The van der Waals surface area contributed by atoms with Crippen LogP contribution < -0.4 is 26.3 Å². The molecule has 0 bridgehead atoms. The molecule has 1 aliphatic heterocycles. The first-order valence-corrected chi connectivity index (χ1v) is 19.3. The zero-order valence-electron chi connectivity index (χ0n) is 26.9. The van der Waals surface area contributed by atoms with Gasteiger partial charge in [0.25, 0.3) is 0 Å². The van der Waals surface area contributed by atoms with Gasteiger partial charge in [0.15, 0.2) is 0 Å². The fraction of sp³-hybridized carbons (Fsp3) is 0.0889. The lowest BCUT2D eigenvalue weighted by molar-refractivity contribution is 0.896. The third-order valence-corrected chi connectivity index (χ3v) is 15.4. The lowest BCUT2D eigenvalue weighted by Crippen LogP contribution is -2.67. The van der Waals surface area contributed by atoms with Crippen LogP contribution in [0.4, 0.5) is 0 Å². The Morgan fingerprint density at radius 3 is 1.50 bits per heavy atom. The van der Waals surface area contributed by atoms with Gasteiger partial charge in [-0.2, -0.15) is 0 Å². The molecule has 0 fully saturated rings. The van der Waals surface area contributed by atoms with E-state index in [1.165, 1.54) is 64.5 Å². The monoisotopic (exact) mass is 632 g/mol. The van der Waals surface area contributed by atoms with E-state index >= 15 is 0 Å². The quantitative estimate of drug-likeness (QED) is 0.0987. The second-order valence-electron chi connectivity index (χ2n) is 12.9. The van der Waals surface area contributed by atoms with Crippen molar-refractivity contribution >= 4 is 62.2 Å². The van der Waals surface area contributed by atoms with Crippen molar-refractivity contribution in [2.24, 2.45) is 4.99 Å². The van der Waals surface area contributed by atoms with Gasteiger partial charge in [-0.15, -0.1) is 0 Å². The topological polar surface area (TPSA) is 17.3 Å². The molecule has 0 saturated carbocycles. The zero-order chi connectivity index (χ0) is 31.9. The van der Waals surface area contributed by atoms with Crippen LogP contribution in [0.3, 0.4) is 0 Å². The van der Waals surface area contributed by atoms with E-state index in [9.17, 15) is 0 Å². The highest BCUT2D eigenvalue weighted by Gasteiger charge is 2.39. The van der Waals surface area contributed by atoms with Crippen LogP contribution in [0.15, 0.2) is 169 Å². The molecule has 8 aromatic rings. The van der Waals surface area contributed by atoms with Crippen LogP contribution in [0.2, 0.25) is 6.04 Å². The highest BCUT2D eigenvalue weighted by atomic mass is 28.3. The van der Waals surface area contributed by atoms with Crippen LogP contribution in [-0.4, -0.2) is 19.2 Å².